The number of rotatable bonds is 1. The SMILES string of the molecule is CC(C)(C)OC(=O)N1CC[C@H](c2ccccc2)Nc2ccccc21. The number of anilines is 2. The molecule has 1 heterocycles. The number of ether oxygens (including phenoxy) is 1. The fraction of sp³-hybridized carbons (Fsp3) is 0.350. The Morgan fingerprint density at radius 1 is 1.08 bits per heavy atom. The van der Waals surface area contributed by atoms with Crippen LogP contribution >= 0.6 is 0 Å². The minimum atomic E-state index is -0.509. The lowest BCUT2D eigenvalue weighted by Crippen LogP contribution is -2.37. The molecule has 0 bridgehead atoms. The van der Waals surface area contributed by atoms with Gasteiger partial charge in [0, 0.05) is 6.54 Å². The molecule has 1 aliphatic rings. The molecule has 1 N–H and O–H groups in total. The number of benzene rings is 2. The van der Waals surface area contributed by atoms with Gasteiger partial charge in [-0.1, -0.05) is 42.5 Å². The molecule has 0 unspecified atom stereocenters. The summed E-state index contributed by atoms with van der Waals surface area (Å²) in [5, 5.41) is 3.57. The summed E-state index contributed by atoms with van der Waals surface area (Å²) >= 11 is 0. The Balaban J connectivity index is 1.90. The first-order valence-corrected chi connectivity index (χ1v) is 8.35. The highest BCUT2D eigenvalue weighted by Gasteiger charge is 2.28. The van der Waals surface area contributed by atoms with Gasteiger partial charge in [0.05, 0.1) is 17.4 Å². The Bertz CT molecular complexity index is 707. The third kappa shape index (κ3) is 3.70. The second-order valence-electron chi connectivity index (χ2n) is 7.05. The number of fused-ring (bicyclic) bond motifs is 1. The number of amides is 1. The topological polar surface area (TPSA) is 41.6 Å². The zero-order valence-electron chi connectivity index (χ0n) is 14.5. The third-order valence-corrected chi connectivity index (χ3v) is 3.98. The molecule has 0 aromatic heterocycles. The Morgan fingerprint density at radius 3 is 2.46 bits per heavy atom. The van der Waals surface area contributed by atoms with Gasteiger partial charge in [0.2, 0.25) is 0 Å². The summed E-state index contributed by atoms with van der Waals surface area (Å²) < 4.78 is 5.59. The molecule has 1 atom stereocenters. The van der Waals surface area contributed by atoms with Gasteiger partial charge in [-0.25, -0.2) is 4.79 Å². The van der Waals surface area contributed by atoms with E-state index in [-0.39, 0.29) is 12.1 Å². The highest BCUT2D eigenvalue weighted by molar-refractivity contribution is 5.92. The van der Waals surface area contributed by atoms with Gasteiger partial charge < -0.3 is 10.1 Å². The minimum Gasteiger partial charge on any atom is -0.443 e. The zero-order valence-corrected chi connectivity index (χ0v) is 14.5. The fourth-order valence-electron chi connectivity index (χ4n) is 2.91. The van der Waals surface area contributed by atoms with Gasteiger partial charge in [0.25, 0.3) is 0 Å². The lowest BCUT2D eigenvalue weighted by atomic mass is 10.0. The van der Waals surface area contributed by atoms with Crippen molar-refractivity contribution in [3.63, 3.8) is 0 Å². The van der Waals surface area contributed by atoms with Crippen molar-refractivity contribution >= 4 is 17.5 Å². The van der Waals surface area contributed by atoms with Crippen LogP contribution in [-0.4, -0.2) is 18.2 Å². The van der Waals surface area contributed by atoms with Crippen molar-refractivity contribution in [3.05, 3.63) is 60.2 Å². The van der Waals surface area contributed by atoms with Crippen molar-refractivity contribution in [3.8, 4) is 0 Å². The van der Waals surface area contributed by atoms with Crippen LogP contribution in [-0.2, 0) is 4.74 Å². The van der Waals surface area contributed by atoms with Crippen molar-refractivity contribution in [1.29, 1.82) is 0 Å². The summed E-state index contributed by atoms with van der Waals surface area (Å²) in [5.41, 5.74) is 2.53. The molecular weight excluding hydrogens is 300 g/mol. The molecule has 1 amide bonds. The largest absolute Gasteiger partial charge is 0.443 e. The van der Waals surface area contributed by atoms with Crippen molar-refractivity contribution in [2.24, 2.45) is 0 Å². The number of carbonyl (C=O) groups excluding carboxylic acids is 1. The smallest absolute Gasteiger partial charge is 0.414 e. The summed E-state index contributed by atoms with van der Waals surface area (Å²) in [7, 11) is 0. The molecule has 2 aromatic rings. The predicted octanol–water partition coefficient (Wildman–Crippen LogP) is 4.99. The summed E-state index contributed by atoms with van der Waals surface area (Å²) in [4.78, 5) is 14.4. The van der Waals surface area contributed by atoms with E-state index >= 15 is 0 Å². The lowest BCUT2D eigenvalue weighted by Gasteiger charge is -2.27. The van der Waals surface area contributed by atoms with E-state index in [1.54, 1.807) is 4.90 Å². The maximum Gasteiger partial charge on any atom is 0.414 e. The zero-order chi connectivity index (χ0) is 17.2. The number of hydrogen-bond acceptors (Lipinski definition) is 3. The van der Waals surface area contributed by atoms with Crippen molar-refractivity contribution < 1.29 is 9.53 Å². The molecule has 0 aliphatic carbocycles. The molecular formula is C20H24N2O2. The molecule has 2 aromatic carbocycles. The molecule has 4 heteroatoms. The highest BCUT2D eigenvalue weighted by Crippen LogP contribution is 2.35. The first-order chi connectivity index (χ1) is 11.4. The number of para-hydroxylation sites is 2. The first kappa shape index (κ1) is 16.4. The summed E-state index contributed by atoms with van der Waals surface area (Å²) in [6.07, 6.45) is 0.517. The van der Waals surface area contributed by atoms with E-state index in [0.717, 1.165) is 17.8 Å². The number of carbonyl (C=O) groups is 1. The first-order valence-electron chi connectivity index (χ1n) is 8.35. The normalized spacial score (nSPS) is 17.5. The molecule has 24 heavy (non-hydrogen) atoms. The van der Waals surface area contributed by atoms with E-state index < -0.39 is 5.60 Å². The third-order valence-electron chi connectivity index (χ3n) is 3.98. The van der Waals surface area contributed by atoms with Gasteiger partial charge in [-0.05, 0) is 44.9 Å². The summed E-state index contributed by atoms with van der Waals surface area (Å²) in [5.74, 6) is 0. The van der Waals surface area contributed by atoms with Crippen molar-refractivity contribution in [2.75, 3.05) is 16.8 Å². The van der Waals surface area contributed by atoms with E-state index in [9.17, 15) is 4.79 Å². The van der Waals surface area contributed by atoms with Crippen LogP contribution in [0, 0.1) is 0 Å². The van der Waals surface area contributed by atoms with Gasteiger partial charge in [-0.2, -0.15) is 0 Å². The molecule has 0 spiro atoms. The lowest BCUT2D eigenvalue weighted by molar-refractivity contribution is 0.0580. The van der Waals surface area contributed by atoms with E-state index in [0.29, 0.717) is 6.54 Å². The van der Waals surface area contributed by atoms with Gasteiger partial charge in [-0.15, -0.1) is 0 Å². The van der Waals surface area contributed by atoms with Crippen LogP contribution in [0.3, 0.4) is 0 Å². The molecule has 4 nitrogen and oxygen atoms in total. The Hall–Kier alpha value is -2.49. The van der Waals surface area contributed by atoms with Crippen molar-refractivity contribution in [1.82, 2.24) is 0 Å². The van der Waals surface area contributed by atoms with Crippen LogP contribution < -0.4 is 10.2 Å². The van der Waals surface area contributed by atoms with Gasteiger partial charge in [-0.3, -0.25) is 4.90 Å². The number of hydrogen-bond donors (Lipinski definition) is 1. The average molecular weight is 324 g/mol. The van der Waals surface area contributed by atoms with Crippen LogP contribution in [0.25, 0.3) is 0 Å². The predicted molar refractivity (Wildman–Crippen MR) is 97.4 cm³/mol. The standard InChI is InChI=1S/C20H24N2O2/c1-20(2,3)24-19(23)22-14-13-16(15-9-5-4-6-10-15)21-17-11-7-8-12-18(17)22/h4-12,16,21H,13-14H2,1-3H3/t16-/m1/s1. The van der Waals surface area contributed by atoms with Crippen LogP contribution in [0.1, 0.15) is 38.8 Å². The van der Waals surface area contributed by atoms with Crippen molar-refractivity contribution in [2.45, 2.75) is 38.8 Å². The molecule has 126 valence electrons. The molecule has 3 rings (SSSR count). The van der Waals surface area contributed by atoms with E-state index in [1.165, 1.54) is 5.56 Å². The van der Waals surface area contributed by atoms with E-state index in [2.05, 4.69) is 17.4 Å². The second-order valence-corrected chi connectivity index (χ2v) is 7.05. The van der Waals surface area contributed by atoms with Crippen LogP contribution in [0.2, 0.25) is 0 Å². The highest BCUT2D eigenvalue weighted by atomic mass is 16.6. The van der Waals surface area contributed by atoms with E-state index in [4.69, 9.17) is 4.74 Å². The quantitative estimate of drug-likeness (QED) is 0.804. The summed E-state index contributed by atoms with van der Waals surface area (Å²) in [6, 6.07) is 18.4. The molecule has 0 radical (unpaired) electrons. The molecule has 0 saturated heterocycles. The van der Waals surface area contributed by atoms with Gasteiger partial charge >= 0.3 is 6.09 Å². The molecule has 1 aliphatic heterocycles. The molecule has 0 fully saturated rings. The van der Waals surface area contributed by atoms with Crippen LogP contribution in [0.15, 0.2) is 54.6 Å². The number of nitrogens with zero attached hydrogens (tertiary/aromatic N) is 1. The Labute approximate surface area is 143 Å². The second kappa shape index (κ2) is 6.56. The number of nitrogens with one attached hydrogen (secondary N) is 1. The Morgan fingerprint density at radius 2 is 1.75 bits per heavy atom. The fourth-order valence-corrected chi connectivity index (χ4v) is 2.91. The Kier molecular flexibility index (Phi) is 4.47. The van der Waals surface area contributed by atoms with Gasteiger partial charge in [0.15, 0.2) is 0 Å². The molecule has 0 saturated carbocycles. The van der Waals surface area contributed by atoms with E-state index in [1.807, 2.05) is 63.2 Å². The van der Waals surface area contributed by atoms with Crippen LogP contribution in [0.5, 0.6) is 0 Å². The van der Waals surface area contributed by atoms with Gasteiger partial charge in [0.1, 0.15) is 5.60 Å². The maximum absolute atomic E-state index is 12.6. The maximum atomic E-state index is 12.6. The average Bonchev–Trinajstić information content (AvgIpc) is 2.73. The summed E-state index contributed by atoms with van der Waals surface area (Å²) in [6.45, 7) is 6.28. The monoisotopic (exact) mass is 324 g/mol. The minimum absolute atomic E-state index is 0.166. The van der Waals surface area contributed by atoms with Crippen LogP contribution in [0.4, 0.5) is 16.2 Å².